The number of aliphatic hydroxyl groups excluding tert-OH is 1. The lowest BCUT2D eigenvalue weighted by molar-refractivity contribution is 0.0575. The average molecular weight is 469 g/mol. The Kier molecular flexibility index (Phi) is 6.92. The van der Waals surface area contributed by atoms with Crippen molar-refractivity contribution in [2.75, 3.05) is 18.5 Å². The fraction of sp³-hybridized carbons (Fsp3) is 0.500. The van der Waals surface area contributed by atoms with E-state index in [1.54, 1.807) is 12.1 Å². The van der Waals surface area contributed by atoms with Gasteiger partial charge in [0.25, 0.3) is 0 Å². The molecule has 4 rings (SSSR count). The standard InChI is InChI=1S/C20H25ClN4O5S/c21-16-12-22-20(24-19(16)30-18-3-1-2-17(18)26)23-13-4-6-15(7-5-13)31(27,28)25-14-8-10-29-11-9-14/h4-7,12,14,17-18,25-26H,1-3,8-11H2,(H,22,23,24). The third kappa shape index (κ3) is 5.64. The van der Waals surface area contributed by atoms with Crippen molar-refractivity contribution in [3.05, 3.63) is 35.5 Å². The fourth-order valence-electron chi connectivity index (χ4n) is 3.63. The van der Waals surface area contributed by atoms with Gasteiger partial charge < -0.3 is 19.9 Å². The average Bonchev–Trinajstić information content (AvgIpc) is 3.16. The van der Waals surface area contributed by atoms with Crippen LogP contribution in [0.1, 0.15) is 32.1 Å². The van der Waals surface area contributed by atoms with E-state index in [4.69, 9.17) is 21.1 Å². The Balaban J connectivity index is 1.42. The molecule has 0 radical (unpaired) electrons. The molecule has 0 spiro atoms. The van der Waals surface area contributed by atoms with Crippen LogP contribution in [0.2, 0.25) is 5.02 Å². The summed E-state index contributed by atoms with van der Waals surface area (Å²) in [6.07, 6.45) is 4.19. The van der Waals surface area contributed by atoms with Gasteiger partial charge in [0.1, 0.15) is 11.1 Å². The highest BCUT2D eigenvalue weighted by atomic mass is 35.5. The molecule has 2 atom stereocenters. The molecular formula is C20H25ClN4O5S. The Bertz CT molecular complexity index is 999. The number of ether oxygens (including phenoxy) is 2. The molecule has 2 aromatic rings. The van der Waals surface area contributed by atoms with E-state index in [9.17, 15) is 13.5 Å². The second-order valence-corrected chi connectivity index (χ2v) is 9.78. The molecule has 0 amide bonds. The van der Waals surface area contributed by atoms with E-state index in [0.717, 1.165) is 12.8 Å². The highest BCUT2D eigenvalue weighted by Gasteiger charge is 2.28. The molecule has 2 heterocycles. The number of sulfonamides is 1. The minimum atomic E-state index is -3.61. The van der Waals surface area contributed by atoms with Gasteiger partial charge in [0.05, 0.1) is 17.2 Å². The molecule has 31 heavy (non-hydrogen) atoms. The van der Waals surface area contributed by atoms with E-state index in [0.29, 0.717) is 38.2 Å². The van der Waals surface area contributed by atoms with Gasteiger partial charge >= 0.3 is 0 Å². The van der Waals surface area contributed by atoms with E-state index in [2.05, 4.69) is 20.0 Å². The van der Waals surface area contributed by atoms with E-state index in [1.165, 1.54) is 18.3 Å². The lowest BCUT2D eigenvalue weighted by Gasteiger charge is -2.23. The molecule has 11 heteroatoms. The molecular weight excluding hydrogens is 444 g/mol. The number of aromatic nitrogens is 2. The zero-order chi connectivity index (χ0) is 21.8. The van der Waals surface area contributed by atoms with Crippen LogP contribution in [0, 0.1) is 0 Å². The van der Waals surface area contributed by atoms with Crippen molar-refractivity contribution >= 4 is 33.3 Å². The molecule has 3 N–H and O–H groups in total. The predicted molar refractivity (Wildman–Crippen MR) is 115 cm³/mol. The maximum Gasteiger partial charge on any atom is 0.240 e. The first kappa shape index (κ1) is 22.2. The minimum absolute atomic E-state index is 0.115. The van der Waals surface area contributed by atoms with Gasteiger partial charge in [0, 0.05) is 24.9 Å². The molecule has 1 saturated carbocycles. The van der Waals surface area contributed by atoms with Gasteiger partial charge in [-0.05, 0) is 56.4 Å². The molecule has 1 saturated heterocycles. The molecule has 1 aromatic heterocycles. The van der Waals surface area contributed by atoms with Crippen LogP contribution in [0.4, 0.5) is 11.6 Å². The third-order valence-corrected chi connectivity index (χ3v) is 7.15. The van der Waals surface area contributed by atoms with Crippen LogP contribution >= 0.6 is 11.6 Å². The van der Waals surface area contributed by atoms with Crippen molar-refractivity contribution in [1.82, 2.24) is 14.7 Å². The second-order valence-electron chi connectivity index (χ2n) is 7.66. The lowest BCUT2D eigenvalue weighted by atomic mass is 10.1. The number of nitrogens with one attached hydrogen (secondary N) is 2. The number of benzene rings is 1. The van der Waals surface area contributed by atoms with E-state index < -0.39 is 16.1 Å². The Morgan fingerprint density at radius 2 is 1.87 bits per heavy atom. The normalized spacial score (nSPS) is 22.4. The van der Waals surface area contributed by atoms with Gasteiger partial charge in [-0.3, -0.25) is 0 Å². The van der Waals surface area contributed by atoms with E-state index in [-0.39, 0.29) is 33.9 Å². The van der Waals surface area contributed by atoms with Gasteiger partial charge in [-0.2, -0.15) is 4.98 Å². The van der Waals surface area contributed by atoms with Crippen LogP contribution in [0.25, 0.3) is 0 Å². The Hall–Kier alpha value is -1.98. The summed E-state index contributed by atoms with van der Waals surface area (Å²) in [6, 6.07) is 6.20. The van der Waals surface area contributed by atoms with Crippen molar-refractivity contribution < 1.29 is 23.0 Å². The van der Waals surface area contributed by atoms with Gasteiger partial charge in [-0.25, -0.2) is 18.1 Å². The van der Waals surface area contributed by atoms with Crippen molar-refractivity contribution in [2.24, 2.45) is 0 Å². The smallest absolute Gasteiger partial charge is 0.240 e. The van der Waals surface area contributed by atoms with Crippen molar-refractivity contribution in [3.8, 4) is 5.88 Å². The van der Waals surface area contributed by atoms with Gasteiger partial charge in [0.15, 0.2) is 0 Å². The summed E-state index contributed by atoms with van der Waals surface area (Å²) in [7, 11) is -3.61. The van der Waals surface area contributed by atoms with Gasteiger partial charge in [-0.1, -0.05) is 11.6 Å². The molecule has 1 aliphatic carbocycles. The van der Waals surface area contributed by atoms with Crippen LogP contribution in [0.15, 0.2) is 35.4 Å². The van der Waals surface area contributed by atoms with Crippen molar-refractivity contribution in [2.45, 2.75) is 55.2 Å². The monoisotopic (exact) mass is 468 g/mol. The van der Waals surface area contributed by atoms with E-state index >= 15 is 0 Å². The summed E-state index contributed by atoms with van der Waals surface area (Å²) in [5.41, 5.74) is 0.610. The van der Waals surface area contributed by atoms with Crippen molar-refractivity contribution in [3.63, 3.8) is 0 Å². The number of rotatable bonds is 7. The van der Waals surface area contributed by atoms with E-state index in [1.807, 2.05) is 0 Å². The molecule has 0 bridgehead atoms. The number of hydrogen-bond donors (Lipinski definition) is 3. The first-order valence-corrected chi connectivity index (χ1v) is 12.1. The Morgan fingerprint density at radius 1 is 1.13 bits per heavy atom. The summed E-state index contributed by atoms with van der Waals surface area (Å²) < 4.78 is 38.9. The Labute approximate surface area is 186 Å². The topological polar surface area (TPSA) is 123 Å². The predicted octanol–water partition coefficient (Wildman–Crippen LogP) is 2.62. The summed E-state index contributed by atoms with van der Waals surface area (Å²) in [6.45, 7) is 1.12. The molecule has 2 unspecified atom stereocenters. The van der Waals surface area contributed by atoms with Gasteiger partial charge in [-0.15, -0.1) is 0 Å². The number of halogens is 1. The molecule has 1 aliphatic heterocycles. The third-order valence-electron chi connectivity index (χ3n) is 5.36. The number of aliphatic hydroxyl groups is 1. The zero-order valence-electron chi connectivity index (χ0n) is 16.8. The summed E-state index contributed by atoms with van der Waals surface area (Å²) in [5.74, 6) is 0.452. The molecule has 9 nitrogen and oxygen atoms in total. The molecule has 2 fully saturated rings. The SMILES string of the molecule is O=S(=O)(NC1CCOCC1)c1ccc(Nc2ncc(Cl)c(OC3CCCC3O)n2)cc1. The molecule has 1 aromatic carbocycles. The minimum Gasteiger partial charge on any atom is -0.470 e. The van der Waals surface area contributed by atoms with Crippen molar-refractivity contribution in [1.29, 1.82) is 0 Å². The number of hydrogen-bond acceptors (Lipinski definition) is 8. The first-order valence-electron chi connectivity index (χ1n) is 10.3. The second kappa shape index (κ2) is 9.66. The summed E-state index contributed by atoms with van der Waals surface area (Å²) in [5, 5.41) is 13.2. The highest BCUT2D eigenvalue weighted by molar-refractivity contribution is 7.89. The molecule has 2 aliphatic rings. The zero-order valence-corrected chi connectivity index (χ0v) is 18.4. The lowest BCUT2D eigenvalue weighted by Crippen LogP contribution is -2.38. The summed E-state index contributed by atoms with van der Waals surface area (Å²) in [4.78, 5) is 8.60. The van der Waals surface area contributed by atoms with Crippen LogP contribution in [0.3, 0.4) is 0 Å². The Morgan fingerprint density at radius 3 is 2.55 bits per heavy atom. The number of anilines is 2. The van der Waals surface area contributed by atoms with Crippen LogP contribution < -0.4 is 14.8 Å². The van der Waals surface area contributed by atoms with Crippen LogP contribution in [-0.4, -0.2) is 55.0 Å². The highest BCUT2D eigenvalue weighted by Crippen LogP contribution is 2.29. The van der Waals surface area contributed by atoms with Crippen LogP contribution in [0.5, 0.6) is 5.88 Å². The maximum atomic E-state index is 12.6. The summed E-state index contributed by atoms with van der Waals surface area (Å²) >= 11 is 6.14. The van der Waals surface area contributed by atoms with Gasteiger partial charge in [0.2, 0.25) is 21.9 Å². The maximum absolute atomic E-state index is 12.6. The fourth-order valence-corrected chi connectivity index (χ4v) is 5.07. The van der Waals surface area contributed by atoms with Crippen LogP contribution in [-0.2, 0) is 14.8 Å². The number of nitrogens with zero attached hydrogens (tertiary/aromatic N) is 2. The molecule has 168 valence electrons. The largest absolute Gasteiger partial charge is 0.470 e. The first-order chi connectivity index (χ1) is 14.9. The quantitative estimate of drug-likeness (QED) is 0.566.